The molecule has 1 unspecified atom stereocenters. The summed E-state index contributed by atoms with van der Waals surface area (Å²) < 4.78 is 0. The maximum Gasteiger partial charge on any atom is 0.224 e. The van der Waals surface area contributed by atoms with Crippen LogP contribution in [0.5, 0.6) is 0 Å². The number of carbonyl (C=O) groups is 1. The average Bonchev–Trinajstić information content (AvgIpc) is 2.79. The molecule has 1 aliphatic heterocycles. The van der Waals surface area contributed by atoms with E-state index in [1.807, 2.05) is 19.1 Å². The number of β-amino-alcohol motifs (C(OH)–C–C–N with tert-alkyl or cyclic N) is 1. The Kier molecular flexibility index (Phi) is 4.98. The van der Waals surface area contributed by atoms with Gasteiger partial charge in [-0.15, -0.1) is 0 Å². The number of aliphatic hydroxyl groups is 1. The maximum atomic E-state index is 11.9. The lowest BCUT2D eigenvalue weighted by Gasteiger charge is -2.14. The fraction of sp³-hybridized carbons (Fsp3) is 0.533. The lowest BCUT2D eigenvalue weighted by atomic mass is 10.1. The zero-order chi connectivity index (χ0) is 14.5. The second kappa shape index (κ2) is 6.72. The van der Waals surface area contributed by atoms with Crippen LogP contribution in [0, 0.1) is 6.92 Å². The third-order valence-corrected chi connectivity index (χ3v) is 3.65. The summed E-state index contributed by atoms with van der Waals surface area (Å²) in [6, 6.07) is 5.47. The van der Waals surface area contributed by atoms with E-state index < -0.39 is 0 Å². The third kappa shape index (κ3) is 4.21. The first-order chi connectivity index (χ1) is 9.54. The molecule has 0 saturated carbocycles. The molecular formula is C15H23N3O2. The second-order valence-corrected chi connectivity index (χ2v) is 5.47. The molecule has 1 fully saturated rings. The molecule has 1 aromatic rings. The molecule has 0 radical (unpaired) electrons. The van der Waals surface area contributed by atoms with E-state index in [4.69, 9.17) is 5.73 Å². The first-order valence-corrected chi connectivity index (χ1v) is 7.11. The highest BCUT2D eigenvalue weighted by Gasteiger charge is 2.19. The summed E-state index contributed by atoms with van der Waals surface area (Å²) in [6.07, 6.45) is 1.96. The molecule has 5 heteroatoms. The molecule has 5 nitrogen and oxygen atoms in total. The molecular weight excluding hydrogens is 254 g/mol. The summed E-state index contributed by atoms with van der Waals surface area (Å²) in [7, 11) is 0. The van der Waals surface area contributed by atoms with Crippen LogP contribution >= 0.6 is 0 Å². The highest BCUT2D eigenvalue weighted by molar-refractivity contribution is 5.91. The van der Waals surface area contributed by atoms with Crippen LogP contribution in [0.2, 0.25) is 0 Å². The van der Waals surface area contributed by atoms with Gasteiger partial charge in [-0.05, 0) is 50.1 Å². The van der Waals surface area contributed by atoms with E-state index >= 15 is 0 Å². The Hall–Kier alpha value is -1.59. The van der Waals surface area contributed by atoms with Crippen molar-refractivity contribution >= 4 is 17.3 Å². The Morgan fingerprint density at radius 1 is 1.55 bits per heavy atom. The minimum Gasteiger partial charge on any atom is -0.399 e. The van der Waals surface area contributed by atoms with Crippen molar-refractivity contribution in [2.75, 3.05) is 30.7 Å². The number of hydrogen-bond acceptors (Lipinski definition) is 4. The number of benzene rings is 1. The molecule has 1 saturated heterocycles. The molecule has 1 heterocycles. The topological polar surface area (TPSA) is 78.6 Å². The van der Waals surface area contributed by atoms with Gasteiger partial charge in [0.1, 0.15) is 0 Å². The summed E-state index contributed by atoms with van der Waals surface area (Å²) in [4.78, 5) is 14.1. The fourth-order valence-corrected chi connectivity index (χ4v) is 2.52. The predicted molar refractivity (Wildman–Crippen MR) is 80.5 cm³/mol. The monoisotopic (exact) mass is 277 g/mol. The number of amides is 1. The van der Waals surface area contributed by atoms with Gasteiger partial charge in [-0.25, -0.2) is 0 Å². The van der Waals surface area contributed by atoms with Crippen LogP contribution in [0.1, 0.15) is 24.8 Å². The maximum absolute atomic E-state index is 11.9. The van der Waals surface area contributed by atoms with E-state index in [2.05, 4.69) is 10.2 Å². The van der Waals surface area contributed by atoms with E-state index in [9.17, 15) is 9.90 Å². The quantitative estimate of drug-likeness (QED) is 0.710. The van der Waals surface area contributed by atoms with Crippen LogP contribution in [-0.2, 0) is 4.79 Å². The Bertz CT molecular complexity index is 476. The number of hydrogen-bond donors (Lipinski definition) is 3. The Morgan fingerprint density at radius 3 is 3.00 bits per heavy atom. The number of nitrogen functional groups attached to an aromatic ring is 1. The van der Waals surface area contributed by atoms with Crippen molar-refractivity contribution in [3.63, 3.8) is 0 Å². The minimum atomic E-state index is -0.193. The summed E-state index contributed by atoms with van der Waals surface area (Å²) in [5, 5.41) is 12.3. The number of likely N-dealkylation sites (tertiary alicyclic amines) is 1. The van der Waals surface area contributed by atoms with Gasteiger partial charge in [0, 0.05) is 30.9 Å². The number of aliphatic hydroxyl groups excluding tert-OH is 1. The second-order valence-electron chi connectivity index (χ2n) is 5.47. The van der Waals surface area contributed by atoms with Gasteiger partial charge in [-0.3, -0.25) is 4.79 Å². The van der Waals surface area contributed by atoms with E-state index in [1.165, 1.54) is 0 Å². The SMILES string of the molecule is Cc1cc(N)ccc1NC(=O)CCCN1CCC(O)C1. The molecule has 1 amide bonds. The first kappa shape index (κ1) is 14.8. The largest absolute Gasteiger partial charge is 0.399 e. The molecule has 0 spiro atoms. The minimum absolute atomic E-state index is 0.0256. The normalized spacial score (nSPS) is 19.2. The molecule has 1 aromatic carbocycles. The standard InChI is InChI=1S/C15H23N3O2/c1-11-9-12(16)4-5-14(11)17-15(20)3-2-7-18-8-6-13(19)10-18/h4-5,9,13,19H,2-3,6-8,10,16H2,1H3,(H,17,20). The highest BCUT2D eigenvalue weighted by Crippen LogP contribution is 2.18. The van der Waals surface area contributed by atoms with Crippen molar-refractivity contribution in [3.05, 3.63) is 23.8 Å². The number of nitrogens with one attached hydrogen (secondary N) is 1. The van der Waals surface area contributed by atoms with Crippen molar-refractivity contribution < 1.29 is 9.90 Å². The van der Waals surface area contributed by atoms with Crippen LogP contribution < -0.4 is 11.1 Å². The number of aryl methyl sites for hydroxylation is 1. The number of nitrogens with two attached hydrogens (primary N) is 1. The summed E-state index contributed by atoms with van der Waals surface area (Å²) in [5.74, 6) is 0.0256. The fourth-order valence-electron chi connectivity index (χ4n) is 2.52. The average molecular weight is 277 g/mol. The Balaban J connectivity index is 1.72. The van der Waals surface area contributed by atoms with Gasteiger partial charge in [-0.1, -0.05) is 0 Å². The van der Waals surface area contributed by atoms with Gasteiger partial charge >= 0.3 is 0 Å². The molecule has 4 N–H and O–H groups in total. The van der Waals surface area contributed by atoms with Crippen molar-refractivity contribution in [1.29, 1.82) is 0 Å². The molecule has 1 aliphatic rings. The molecule has 20 heavy (non-hydrogen) atoms. The summed E-state index contributed by atoms with van der Waals surface area (Å²) >= 11 is 0. The number of nitrogens with zero attached hydrogens (tertiary/aromatic N) is 1. The van der Waals surface area contributed by atoms with E-state index in [0.29, 0.717) is 12.1 Å². The van der Waals surface area contributed by atoms with Gasteiger partial charge in [0.15, 0.2) is 0 Å². The van der Waals surface area contributed by atoms with Crippen LogP contribution in [0.15, 0.2) is 18.2 Å². The highest BCUT2D eigenvalue weighted by atomic mass is 16.3. The Morgan fingerprint density at radius 2 is 2.35 bits per heavy atom. The van der Waals surface area contributed by atoms with Crippen molar-refractivity contribution in [1.82, 2.24) is 4.90 Å². The van der Waals surface area contributed by atoms with Crippen molar-refractivity contribution in [2.24, 2.45) is 0 Å². The molecule has 0 bridgehead atoms. The smallest absolute Gasteiger partial charge is 0.224 e. The van der Waals surface area contributed by atoms with Gasteiger partial charge in [0.25, 0.3) is 0 Å². The van der Waals surface area contributed by atoms with Crippen molar-refractivity contribution in [3.8, 4) is 0 Å². The zero-order valence-electron chi connectivity index (χ0n) is 11.9. The van der Waals surface area contributed by atoms with Gasteiger partial charge in [-0.2, -0.15) is 0 Å². The van der Waals surface area contributed by atoms with Gasteiger partial charge < -0.3 is 21.1 Å². The third-order valence-electron chi connectivity index (χ3n) is 3.65. The van der Waals surface area contributed by atoms with Crippen LogP contribution in [0.3, 0.4) is 0 Å². The van der Waals surface area contributed by atoms with Crippen molar-refractivity contribution in [2.45, 2.75) is 32.3 Å². The molecule has 2 rings (SSSR count). The summed E-state index contributed by atoms with van der Waals surface area (Å²) in [6.45, 7) is 4.46. The predicted octanol–water partition coefficient (Wildman–Crippen LogP) is 1.36. The van der Waals surface area contributed by atoms with E-state index in [1.54, 1.807) is 6.07 Å². The molecule has 0 aromatic heterocycles. The number of carbonyl (C=O) groups excluding carboxylic acids is 1. The molecule has 110 valence electrons. The van der Waals surface area contributed by atoms with Crippen LogP contribution in [0.25, 0.3) is 0 Å². The molecule has 1 atom stereocenters. The summed E-state index contributed by atoms with van der Waals surface area (Å²) in [5.41, 5.74) is 8.18. The van der Waals surface area contributed by atoms with Crippen LogP contribution in [-0.4, -0.2) is 41.7 Å². The lowest BCUT2D eigenvalue weighted by Crippen LogP contribution is -2.24. The van der Waals surface area contributed by atoms with E-state index in [0.717, 1.165) is 43.7 Å². The number of rotatable bonds is 5. The number of anilines is 2. The van der Waals surface area contributed by atoms with Crippen LogP contribution in [0.4, 0.5) is 11.4 Å². The first-order valence-electron chi connectivity index (χ1n) is 7.11. The molecule has 0 aliphatic carbocycles. The van der Waals surface area contributed by atoms with Gasteiger partial charge in [0.05, 0.1) is 6.10 Å². The van der Waals surface area contributed by atoms with Gasteiger partial charge in [0.2, 0.25) is 5.91 Å². The zero-order valence-corrected chi connectivity index (χ0v) is 11.9. The Labute approximate surface area is 119 Å². The van der Waals surface area contributed by atoms with E-state index in [-0.39, 0.29) is 12.0 Å². The lowest BCUT2D eigenvalue weighted by molar-refractivity contribution is -0.116.